The predicted molar refractivity (Wildman–Crippen MR) is 69.4 cm³/mol. The number of aliphatic hydroxyl groups is 1. The molecule has 0 radical (unpaired) electrons. The lowest BCUT2D eigenvalue weighted by Crippen LogP contribution is -2.28. The number of hydrogen-bond acceptors (Lipinski definition) is 6. The first-order valence-electron chi connectivity index (χ1n) is 6.13. The number of aromatic nitrogens is 4. The number of hydrogen-bond donors (Lipinski definition) is 2. The highest BCUT2D eigenvalue weighted by Crippen LogP contribution is 2.02. The second-order valence-corrected chi connectivity index (χ2v) is 3.83. The van der Waals surface area contributed by atoms with Crippen LogP contribution in [0.15, 0.2) is 30.3 Å². The van der Waals surface area contributed by atoms with E-state index in [4.69, 9.17) is 9.84 Å². The zero-order valence-electron chi connectivity index (χ0n) is 10.8. The first-order valence-corrected chi connectivity index (χ1v) is 6.13. The summed E-state index contributed by atoms with van der Waals surface area (Å²) in [5.74, 6) is -0.421. The van der Waals surface area contributed by atoms with Crippen LogP contribution in [0.3, 0.4) is 0 Å². The van der Waals surface area contributed by atoms with Crippen molar-refractivity contribution in [2.75, 3.05) is 26.4 Å². The van der Waals surface area contributed by atoms with E-state index >= 15 is 0 Å². The fraction of sp³-hybridized carbons (Fsp3) is 0.333. The smallest absolute Gasteiger partial charge is 0.292 e. The van der Waals surface area contributed by atoms with E-state index in [1.54, 1.807) is 0 Å². The van der Waals surface area contributed by atoms with Crippen molar-refractivity contribution in [1.29, 1.82) is 0 Å². The number of nitrogens with zero attached hydrogens (tertiary/aromatic N) is 4. The quantitative estimate of drug-likeness (QED) is 0.655. The van der Waals surface area contributed by atoms with E-state index in [2.05, 4.69) is 20.7 Å². The van der Waals surface area contributed by atoms with Crippen LogP contribution in [-0.2, 0) is 4.74 Å². The zero-order chi connectivity index (χ0) is 14.2. The molecule has 8 heteroatoms. The van der Waals surface area contributed by atoms with Crippen LogP contribution in [0.2, 0.25) is 0 Å². The average Bonchev–Trinajstić information content (AvgIpc) is 2.98. The largest absolute Gasteiger partial charge is 0.394 e. The van der Waals surface area contributed by atoms with Gasteiger partial charge in [0.25, 0.3) is 11.7 Å². The minimum Gasteiger partial charge on any atom is -0.394 e. The molecule has 0 unspecified atom stereocenters. The lowest BCUT2D eigenvalue weighted by molar-refractivity contribution is 0.0832. The molecule has 0 aliphatic heterocycles. The molecule has 20 heavy (non-hydrogen) atoms. The van der Waals surface area contributed by atoms with Gasteiger partial charge in [0.05, 0.1) is 25.5 Å². The lowest BCUT2D eigenvalue weighted by atomic mass is 10.3. The highest BCUT2D eigenvalue weighted by atomic mass is 16.5. The van der Waals surface area contributed by atoms with E-state index in [-0.39, 0.29) is 19.0 Å². The third kappa shape index (κ3) is 3.84. The summed E-state index contributed by atoms with van der Waals surface area (Å²) in [7, 11) is 0. The van der Waals surface area contributed by atoms with Crippen molar-refractivity contribution in [1.82, 2.24) is 25.5 Å². The summed E-state index contributed by atoms with van der Waals surface area (Å²) >= 11 is 0. The SMILES string of the molecule is O=C(NCCOCCO)c1nnn(-c2ccccc2)n1. The van der Waals surface area contributed by atoms with E-state index in [0.717, 1.165) is 5.69 Å². The Balaban J connectivity index is 1.87. The number of aliphatic hydroxyl groups excluding tert-OH is 1. The molecule has 0 aliphatic carbocycles. The Morgan fingerprint density at radius 1 is 1.30 bits per heavy atom. The van der Waals surface area contributed by atoms with Crippen molar-refractivity contribution < 1.29 is 14.6 Å². The summed E-state index contributed by atoms with van der Waals surface area (Å²) in [5.41, 5.74) is 0.727. The Bertz CT molecular complexity index is 543. The molecule has 2 N–H and O–H groups in total. The molecule has 0 spiro atoms. The second kappa shape index (κ2) is 7.31. The molecular formula is C12H15N5O3. The van der Waals surface area contributed by atoms with E-state index < -0.39 is 5.91 Å². The van der Waals surface area contributed by atoms with Gasteiger partial charge in [0.15, 0.2) is 0 Å². The third-order valence-electron chi connectivity index (χ3n) is 2.37. The molecule has 0 fully saturated rings. The number of para-hydroxylation sites is 1. The number of nitrogens with one attached hydrogen (secondary N) is 1. The minimum absolute atomic E-state index is 0.00369. The van der Waals surface area contributed by atoms with Gasteiger partial charge < -0.3 is 15.2 Å². The van der Waals surface area contributed by atoms with Crippen LogP contribution >= 0.6 is 0 Å². The summed E-state index contributed by atoms with van der Waals surface area (Å²) in [5, 5.41) is 22.6. The van der Waals surface area contributed by atoms with Crippen LogP contribution < -0.4 is 5.32 Å². The van der Waals surface area contributed by atoms with Gasteiger partial charge in [-0.25, -0.2) is 0 Å². The molecule has 0 saturated carbocycles. The summed E-state index contributed by atoms with van der Waals surface area (Å²) in [6.07, 6.45) is 0. The van der Waals surface area contributed by atoms with E-state index in [1.807, 2.05) is 30.3 Å². The molecule has 0 atom stereocenters. The third-order valence-corrected chi connectivity index (χ3v) is 2.37. The maximum absolute atomic E-state index is 11.7. The van der Waals surface area contributed by atoms with Gasteiger partial charge in [0.1, 0.15) is 0 Å². The molecule has 0 saturated heterocycles. The molecule has 1 amide bonds. The number of rotatable bonds is 7. The Hall–Kier alpha value is -2.32. The average molecular weight is 277 g/mol. The van der Waals surface area contributed by atoms with Gasteiger partial charge in [-0.2, -0.15) is 0 Å². The van der Waals surface area contributed by atoms with Gasteiger partial charge in [-0.1, -0.05) is 18.2 Å². The van der Waals surface area contributed by atoms with Crippen molar-refractivity contribution in [2.24, 2.45) is 0 Å². The number of carbonyl (C=O) groups excluding carboxylic acids is 1. The van der Waals surface area contributed by atoms with Gasteiger partial charge >= 0.3 is 0 Å². The molecule has 106 valence electrons. The summed E-state index contributed by atoms with van der Waals surface area (Å²) < 4.78 is 5.02. The fourth-order valence-corrected chi connectivity index (χ4v) is 1.46. The van der Waals surface area contributed by atoms with Crippen molar-refractivity contribution in [2.45, 2.75) is 0 Å². The maximum atomic E-state index is 11.7. The maximum Gasteiger partial charge on any atom is 0.292 e. The van der Waals surface area contributed by atoms with Crippen LogP contribution in [0.25, 0.3) is 5.69 Å². The molecule has 2 aromatic rings. The van der Waals surface area contributed by atoms with Crippen molar-refractivity contribution in [3.05, 3.63) is 36.2 Å². The second-order valence-electron chi connectivity index (χ2n) is 3.83. The highest BCUT2D eigenvalue weighted by molar-refractivity contribution is 5.90. The van der Waals surface area contributed by atoms with Crippen molar-refractivity contribution in [3.63, 3.8) is 0 Å². The molecular weight excluding hydrogens is 262 g/mol. The van der Waals surface area contributed by atoms with Gasteiger partial charge in [-0.15, -0.1) is 15.0 Å². The number of amides is 1. The van der Waals surface area contributed by atoms with Gasteiger partial charge in [-0.05, 0) is 17.3 Å². The number of benzene rings is 1. The predicted octanol–water partition coefficient (Wildman–Crippen LogP) is -0.599. The van der Waals surface area contributed by atoms with Crippen LogP contribution in [0, 0.1) is 0 Å². The molecule has 0 aliphatic rings. The van der Waals surface area contributed by atoms with E-state index in [9.17, 15) is 4.79 Å². The van der Waals surface area contributed by atoms with Crippen LogP contribution in [0.1, 0.15) is 10.6 Å². The van der Waals surface area contributed by atoms with E-state index in [0.29, 0.717) is 13.2 Å². The van der Waals surface area contributed by atoms with Crippen LogP contribution in [-0.4, -0.2) is 57.6 Å². The molecule has 2 rings (SSSR count). The van der Waals surface area contributed by atoms with Crippen molar-refractivity contribution in [3.8, 4) is 5.69 Å². The Kier molecular flexibility index (Phi) is 5.15. The first-order chi connectivity index (χ1) is 9.81. The fourth-order valence-electron chi connectivity index (χ4n) is 1.46. The monoisotopic (exact) mass is 277 g/mol. The summed E-state index contributed by atoms with van der Waals surface area (Å²) in [6, 6.07) is 9.19. The highest BCUT2D eigenvalue weighted by Gasteiger charge is 2.12. The van der Waals surface area contributed by atoms with Crippen LogP contribution in [0.4, 0.5) is 0 Å². The van der Waals surface area contributed by atoms with Crippen molar-refractivity contribution >= 4 is 5.91 Å². The number of tetrazole rings is 1. The Morgan fingerprint density at radius 2 is 2.10 bits per heavy atom. The molecule has 0 bridgehead atoms. The van der Waals surface area contributed by atoms with E-state index in [1.165, 1.54) is 4.80 Å². The summed E-state index contributed by atoms with van der Waals surface area (Å²) in [6.45, 7) is 0.844. The topological polar surface area (TPSA) is 102 Å². The summed E-state index contributed by atoms with van der Waals surface area (Å²) in [4.78, 5) is 13.0. The molecule has 8 nitrogen and oxygen atoms in total. The minimum atomic E-state index is -0.417. The number of ether oxygens (including phenoxy) is 1. The molecule has 1 aromatic heterocycles. The zero-order valence-corrected chi connectivity index (χ0v) is 10.8. The normalized spacial score (nSPS) is 10.4. The first kappa shape index (κ1) is 14.1. The van der Waals surface area contributed by atoms with Gasteiger partial charge in [-0.3, -0.25) is 4.79 Å². The van der Waals surface area contributed by atoms with Crippen LogP contribution in [0.5, 0.6) is 0 Å². The Labute approximate surface area is 115 Å². The number of carbonyl (C=O) groups is 1. The Morgan fingerprint density at radius 3 is 2.85 bits per heavy atom. The molecule has 1 aromatic carbocycles. The lowest BCUT2D eigenvalue weighted by Gasteiger charge is -2.02. The molecule has 1 heterocycles. The standard InChI is InChI=1S/C12H15N5O3/c18-7-9-20-8-6-13-12(19)11-14-16-17(15-11)10-4-2-1-3-5-10/h1-5,18H,6-9H2,(H,13,19). The van der Waals surface area contributed by atoms with Gasteiger partial charge in [0, 0.05) is 6.54 Å². The van der Waals surface area contributed by atoms with Gasteiger partial charge in [0.2, 0.25) is 0 Å².